The minimum atomic E-state index is -1.58. The first-order valence-corrected chi connectivity index (χ1v) is 14.8. The zero-order valence-corrected chi connectivity index (χ0v) is 23.9. The van der Waals surface area contributed by atoms with Crippen LogP contribution < -0.4 is 19.7 Å². The number of amides is 2. The molecule has 210 valence electrons. The second kappa shape index (κ2) is 12.8. The van der Waals surface area contributed by atoms with Crippen LogP contribution >= 0.6 is 0 Å². The van der Waals surface area contributed by atoms with Gasteiger partial charge in [0.25, 0.3) is 11.8 Å². The topological polar surface area (TPSA) is 84.9 Å². The molecule has 41 heavy (non-hydrogen) atoms. The van der Waals surface area contributed by atoms with Gasteiger partial charge >= 0.3 is 0 Å². The van der Waals surface area contributed by atoms with Crippen molar-refractivity contribution in [3.8, 4) is 11.5 Å². The van der Waals surface area contributed by atoms with Gasteiger partial charge in [-0.25, -0.2) is 4.21 Å². The molecule has 0 aliphatic carbocycles. The van der Waals surface area contributed by atoms with E-state index in [2.05, 4.69) is 5.32 Å². The Morgan fingerprint density at radius 1 is 0.805 bits per heavy atom. The van der Waals surface area contributed by atoms with Crippen LogP contribution in [0.4, 0.5) is 5.69 Å². The molecule has 1 heterocycles. The third kappa shape index (κ3) is 6.18. The molecule has 7 nitrogen and oxygen atoms in total. The number of carbonyl (C=O) groups excluding carboxylic acids is 2. The summed E-state index contributed by atoms with van der Waals surface area (Å²) in [5.74, 6) is 0.848. The van der Waals surface area contributed by atoms with E-state index in [9.17, 15) is 13.8 Å². The van der Waals surface area contributed by atoms with Crippen molar-refractivity contribution < 1.29 is 23.3 Å². The Balaban J connectivity index is 1.39. The predicted molar refractivity (Wildman–Crippen MR) is 159 cm³/mol. The third-order valence-electron chi connectivity index (χ3n) is 6.76. The Morgan fingerprint density at radius 3 is 2.32 bits per heavy atom. The fraction of sp³-hybridized carbons (Fsp3) is 0.212. The summed E-state index contributed by atoms with van der Waals surface area (Å²) in [7, 11) is -1.58. The molecular weight excluding hydrogens is 536 g/mol. The van der Waals surface area contributed by atoms with Crippen LogP contribution in [0.5, 0.6) is 11.5 Å². The van der Waals surface area contributed by atoms with Crippen LogP contribution in [0.1, 0.15) is 45.7 Å². The van der Waals surface area contributed by atoms with E-state index in [1.54, 1.807) is 47.4 Å². The van der Waals surface area contributed by atoms with Gasteiger partial charge in [0.15, 0.2) is 11.5 Å². The molecule has 0 saturated heterocycles. The zero-order chi connectivity index (χ0) is 28.8. The number of hydrogen-bond acceptors (Lipinski definition) is 5. The summed E-state index contributed by atoms with van der Waals surface area (Å²) in [5, 5.41) is 2.97. The van der Waals surface area contributed by atoms with Gasteiger partial charge in [-0.15, -0.1) is 0 Å². The van der Waals surface area contributed by atoms with Crippen LogP contribution in [0.15, 0.2) is 101 Å². The maximum atomic E-state index is 13.8. The number of fused-ring (bicyclic) bond motifs is 2. The molecule has 1 N–H and O–H groups in total. The van der Waals surface area contributed by atoms with Crippen molar-refractivity contribution in [1.29, 1.82) is 0 Å². The number of ether oxygens (including phenoxy) is 2. The summed E-state index contributed by atoms with van der Waals surface area (Å²) in [6.07, 6.45) is 0.598. The van der Waals surface area contributed by atoms with Gasteiger partial charge in [-0.05, 0) is 73.9 Å². The highest BCUT2D eigenvalue weighted by Gasteiger charge is 2.31. The van der Waals surface area contributed by atoms with Crippen LogP contribution in [-0.2, 0) is 23.8 Å². The van der Waals surface area contributed by atoms with E-state index in [1.165, 1.54) is 0 Å². The van der Waals surface area contributed by atoms with Gasteiger partial charge in [0.1, 0.15) is 0 Å². The Bertz CT molecular complexity index is 1590. The second-order valence-electron chi connectivity index (χ2n) is 9.48. The average molecular weight is 569 g/mol. The number of anilines is 1. The SMILES string of the molecule is CCOc1ccc(CCNC(=O)c2ccc3c(c2)N(Cc2ccccc2)C(=O)c2ccccc2S3=O)cc1OCC. The molecular formula is C33H32N2O5S. The molecule has 1 aliphatic heterocycles. The van der Waals surface area contributed by atoms with Crippen LogP contribution in [0.3, 0.4) is 0 Å². The minimum Gasteiger partial charge on any atom is -0.490 e. The highest BCUT2D eigenvalue weighted by Crippen LogP contribution is 2.36. The van der Waals surface area contributed by atoms with E-state index in [0.717, 1.165) is 11.1 Å². The maximum Gasteiger partial charge on any atom is 0.259 e. The minimum absolute atomic E-state index is 0.255. The van der Waals surface area contributed by atoms with E-state index >= 15 is 0 Å². The first kappa shape index (κ1) is 28.1. The summed E-state index contributed by atoms with van der Waals surface area (Å²) in [6, 6.07) is 27.4. The van der Waals surface area contributed by atoms with Gasteiger partial charge in [0.2, 0.25) is 0 Å². The number of carbonyl (C=O) groups is 2. The van der Waals surface area contributed by atoms with Gasteiger partial charge in [-0.2, -0.15) is 0 Å². The van der Waals surface area contributed by atoms with Crippen molar-refractivity contribution in [2.75, 3.05) is 24.7 Å². The normalized spacial score (nSPS) is 14.0. The largest absolute Gasteiger partial charge is 0.490 e. The molecule has 4 aromatic carbocycles. The van der Waals surface area contributed by atoms with Crippen LogP contribution in [0.2, 0.25) is 0 Å². The molecule has 1 unspecified atom stereocenters. The van der Waals surface area contributed by atoms with Crippen LogP contribution in [-0.4, -0.2) is 35.8 Å². The summed E-state index contributed by atoms with van der Waals surface area (Å²) >= 11 is 0. The lowest BCUT2D eigenvalue weighted by Gasteiger charge is -2.23. The van der Waals surface area contributed by atoms with E-state index in [1.807, 2.05) is 62.4 Å². The Morgan fingerprint density at radius 2 is 1.54 bits per heavy atom. The van der Waals surface area contributed by atoms with Crippen molar-refractivity contribution in [3.05, 3.63) is 113 Å². The number of hydrogen-bond donors (Lipinski definition) is 1. The highest BCUT2D eigenvalue weighted by molar-refractivity contribution is 7.85. The third-order valence-corrected chi connectivity index (χ3v) is 8.26. The number of benzene rings is 4. The maximum absolute atomic E-state index is 13.8. The summed E-state index contributed by atoms with van der Waals surface area (Å²) in [5.41, 5.74) is 3.18. The highest BCUT2D eigenvalue weighted by atomic mass is 32.2. The van der Waals surface area contributed by atoms with Gasteiger partial charge in [0, 0.05) is 12.1 Å². The molecule has 5 rings (SSSR count). The number of nitrogens with one attached hydrogen (secondary N) is 1. The smallest absolute Gasteiger partial charge is 0.259 e. The van der Waals surface area contributed by atoms with Crippen molar-refractivity contribution >= 4 is 28.3 Å². The summed E-state index contributed by atoms with van der Waals surface area (Å²) in [6.45, 7) is 5.60. The van der Waals surface area contributed by atoms with Gasteiger partial charge in [0.05, 0.1) is 51.6 Å². The molecule has 0 aromatic heterocycles. The lowest BCUT2D eigenvalue weighted by atomic mass is 10.1. The van der Waals surface area contributed by atoms with Crippen molar-refractivity contribution in [1.82, 2.24) is 5.32 Å². The van der Waals surface area contributed by atoms with Crippen LogP contribution in [0.25, 0.3) is 0 Å². The molecule has 8 heteroatoms. The number of rotatable bonds is 10. The Labute approximate surface area is 242 Å². The van der Waals surface area contributed by atoms with Crippen molar-refractivity contribution in [3.63, 3.8) is 0 Å². The van der Waals surface area contributed by atoms with Crippen molar-refractivity contribution in [2.45, 2.75) is 36.6 Å². The molecule has 1 atom stereocenters. The van der Waals surface area contributed by atoms with E-state index < -0.39 is 10.8 Å². The molecule has 0 radical (unpaired) electrons. The monoisotopic (exact) mass is 568 g/mol. The molecule has 0 spiro atoms. The molecule has 1 aliphatic rings. The Kier molecular flexibility index (Phi) is 8.79. The summed E-state index contributed by atoms with van der Waals surface area (Å²) in [4.78, 5) is 29.6. The molecule has 4 aromatic rings. The van der Waals surface area contributed by atoms with Gasteiger partial charge < -0.3 is 19.7 Å². The zero-order valence-electron chi connectivity index (χ0n) is 23.1. The van der Waals surface area contributed by atoms with Crippen LogP contribution in [0, 0.1) is 0 Å². The van der Waals surface area contributed by atoms with Crippen molar-refractivity contribution in [2.24, 2.45) is 0 Å². The van der Waals surface area contributed by atoms with Gasteiger partial charge in [-0.3, -0.25) is 9.59 Å². The predicted octanol–water partition coefficient (Wildman–Crippen LogP) is 5.78. The molecule has 2 amide bonds. The van der Waals surface area contributed by atoms with E-state index in [4.69, 9.17) is 9.47 Å². The van der Waals surface area contributed by atoms with E-state index in [0.29, 0.717) is 64.3 Å². The second-order valence-corrected chi connectivity index (χ2v) is 10.9. The lowest BCUT2D eigenvalue weighted by molar-refractivity contribution is 0.0950. The quantitative estimate of drug-likeness (QED) is 0.262. The fourth-order valence-corrected chi connectivity index (χ4v) is 6.15. The Hall–Kier alpha value is -4.43. The van der Waals surface area contributed by atoms with E-state index in [-0.39, 0.29) is 18.4 Å². The lowest BCUT2D eigenvalue weighted by Crippen LogP contribution is -2.31. The summed E-state index contributed by atoms with van der Waals surface area (Å²) < 4.78 is 25.0. The van der Waals surface area contributed by atoms with Gasteiger partial charge in [-0.1, -0.05) is 48.5 Å². The molecule has 0 bridgehead atoms. The first-order valence-electron chi connectivity index (χ1n) is 13.7. The first-order chi connectivity index (χ1) is 20.0. The molecule has 0 fully saturated rings. The standard InChI is InChI=1S/C33H32N2O5S/c1-3-39-28-16-14-23(20-29(28)40-4-2)18-19-34-32(36)25-15-17-31-27(21-25)35(22-24-10-6-5-7-11-24)33(37)26-12-8-9-13-30(26)41(31)38/h5-17,20-21H,3-4,18-19,22H2,1-2H3,(H,34,36). The fourth-order valence-electron chi connectivity index (χ4n) is 4.80. The average Bonchev–Trinajstić information content (AvgIpc) is 3.08. The molecule has 0 saturated carbocycles. The number of nitrogens with zero attached hydrogens (tertiary/aromatic N) is 1.